The quantitative estimate of drug-likeness (QED) is 0.646. The first-order valence-electron chi connectivity index (χ1n) is 5.34. The van der Waals surface area contributed by atoms with Gasteiger partial charge >= 0.3 is 0 Å². The fraction of sp³-hybridized carbons (Fsp3) is 0.0714. The highest BCUT2D eigenvalue weighted by Gasteiger charge is 2.05. The number of rotatable bonds is 3. The summed E-state index contributed by atoms with van der Waals surface area (Å²) in [4.78, 5) is 4.35. The molecular formula is C14H14N2O. The lowest BCUT2D eigenvalue weighted by Crippen LogP contribution is -2.13. The average Bonchev–Trinajstić information content (AvgIpc) is 2.40. The summed E-state index contributed by atoms with van der Waals surface area (Å²) < 4.78 is 5.24. The third kappa shape index (κ3) is 2.64. The number of hydrogen-bond acceptors (Lipinski definition) is 2. The minimum absolute atomic E-state index is 0.452. The smallest absolute Gasteiger partial charge is 0.135 e. The Labute approximate surface area is 101 Å². The number of benzene rings is 2. The first-order chi connectivity index (χ1) is 8.31. The van der Waals surface area contributed by atoms with Crippen molar-refractivity contribution in [3.63, 3.8) is 0 Å². The van der Waals surface area contributed by atoms with E-state index in [-0.39, 0.29) is 0 Å². The van der Waals surface area contributed by atoms with E-state index in [0.29, 0.717) is 5.84 Å². The molecule has 0 aliphatic carbocycles. The summed E-state index contributed by atoms with van der Waals surface area (Å²) in [6.45, 7) is 0. The van der Waals surface area contributed by atoms with Gasteiger partial charge in [-0.25, -0.2) is 4.99 Å². The van der Waals surface area contributed by atoms with Crippen molar-refractivity contribution in [1.29, 1.82) is 0 Å². The molecule has 0 amide bonds. The molecule has 0 aliphatic heterocycles. The molecule has 0 atom stereocenters. The molecule has 0 saturated heterocycles. The molecule has 2 aromatic carbocycles. The number of aliphatic imine (C=N–C) groups is 1. The Morgan fingerprint density at radius 1 is 1.00 bits per heavy atom. The van der Waals surface area contributed by atoms with Gasteiger partial charge in [-0.2, -0.15) is 0 Å². The van der Waals surface area contributed by atoms with Gasteiger partial charge in [0.25, 0.3) is 0 Å². The summed E-state index contributed by atoms with van der Waals surface area (Å²) in [6.07, 6.45) is 0. The Morgan fingerprint density at radius 2 is 1.65 bits per heavy atom. The Hall–Kier alpha value is -2.29. The zero-order chi connectivity index (χ0) is 12.1. The van der Waals surface area contributed by atoms with Crippen LogP contribution in [0.15, 0.2) is 59.6 Å². The van der Waals surface area contributed by atoms with Gasteiger partial charge in [-0.3, -0.25) is 0 Å². The van der Waals surface area contributed by atoms with Gasteiger partial charge in [-0.15, -0.1) is 0 Å². The second-order valence-electron chi connectivity index (χ2n) is 3.53. The Kier molecular flexibility index (Phi) is 3.40. The average molecular weight is 226 g/mol. The molecule has 86 valence electrons. The molecule has 0 bridgehead atoms. The summed E-state index contributed by atoms with van der Waals surface area (Å²) >= 11 is 0. The molecular weight excluding hydrogens is 212 g/mol. The molecule has 0 fully saturated rings. The molecule has 0 unspecified atom stereocenters. The maximum absolute atomic E-state index is 5.97. The van der Waals surface area contributed by atoms with E-state index in [1.54, 1.807) is 7.11 Å². The topological polar surface area (TPSA) is 47.6 Å². The van der Waals surface area contributed by atoms with Gasteiger partial charge < -0.3 is 10.5 Å². The lowest BCUT2D eigenvalue weighted by atomic mass is 10.2. The number of hydrogen-bond donors (Lipinski definition) is 1. The van der Waals surface area contributed by atoms with Crippen LogP contribution in [0.4, 0.5) is 5.69 Å². The highest BCUT2D eigenvalue weighted by molar-refractivity contribution is 6.01. The lowest BCUT2D eigenvalue weighted by molar-refractivity contribution is 0.414. The van der Waals surface area contributed by atoms with E-state index >= 15 is 0 Å². The maximum Gasteiger partial charge on any atom is 0.135 e. The molecule has 0 saturated carbocycles. The van der Waals surface area contributed by atoms with Crippen LogP contribution in [-0.4, -0.2) is 12.9 Å². The molecule has 3 nitrogen and oxygen atoms in total. The van der Waals surface area contributed by atoms with E-state index in [1.807, 2.05) is 54.6 Å². The van der Waals surface area contributed by atoms with Crippen LogP contribution in [0.3, 0.4) is 0 Å². The van der Waals surface area contributed by atoms with Gasteiger partial charge in [0.05, 0.1) is 18.4 Å². The van der Waals surface area contributed by atoms with E-state index in [2.05, 4.69) is 4.99 Å². The number of methoxy groups -OCH3 is 1. The van der Waals surface area contributed by atoms with Crippen LogP contribution < -0.4 is 10.5 Å². The Balaban J connectivity index is 2.37. The fourth-order valence-electron chi connectivity index (χ4n) is 1.56. The van der Waals surface area contributed by atoms with E-state index in [9.17, 15) is 0 Å². The van der Waals surface area contributed by atoms with Crippen LogP contribution in [0.5, 0.6) is 5.75 Å². The second-order valence-corrected chi connectivity index (χ2v) is 3.53. The number of ether oxygens (including phenoxy) is 1. The van der Waals surface area contributed by atoms with Crippen molar-refractivity contribution in [3.05, 3.63) is 60.2 Å². The number of amidine groups is 1. The first kappa shape index (κ1) is 11.2. The largest absolute Gasteiger partial charge is 0.496 e. The highest BCUT2D eigenvalue weighted by atomic mass is 16.5. The zero-order valence-corrected chi connectivity index (χ0v) is 9.63. The Morgan fingerprint density at radius 3 is 2.35 bits per heavy atom. The maximum atomic E-state index is 5.97. The van der Waals surface area contributed by atoms with Gasteiger partial charge in [0, 0.05) is 0 Å². The predicted octanol–water partition coefficient (Wildman–Crippen LogP) is 2.73. The lowest BCUT2D eigenvalue weighted by Gasteiger charge is -2.07. The van der Waals surface area contributed by atoms with Crippen LogP contribution in [0.25, 0.3) is 0 Å². The summed E-state index contributed by atoms with van der Waals surface area (Å²) in [7, 11) is 1.62. The van der Waals surface area contributed by atoms with Crippen molar-refractivity contribution in [1.82, 2.24) is 0 Å². The standard InChI is InChI=1S/C14H14N2O/c1-17-13-10-6-5-9-12(13)14(15)16-11-7-3-2-4-8-11/h2-10H,1H3,(H2,15,16). The minimum atomic E-state index is 0.452. The number of nitrogens with two attached hydrogens (primary N) is 1. The third-order valence-corrected chi connectivity index (χ3v) is 2.39. The predicted molar refractivity (Wildman–Crippen MR) is 69.8 cm³/mol. The molecule has 0 radical (unpaired) electrons. The third-order valence-electron chi connectivity index (χ3n) is 2.39. The molecule has 0 spiro atoms. The summed E-state index contributed by atoms with van der Waals surface area (Å²) in [5, 5.41) is 0. The minimum Gasteiger partial charge on any atom is -0.496 e. The monoisotopic (exact) mass is 226 g/mol. The molecule has 0 heterocycles. The number of nitrogens with zero attached hydrogens (tertiary/aromatic N) is 1. The van der Waals surface area contributed by atoms with Crippen molar-refractivity contribution in [3.8, 4) is 5.75 Å². The van der Waals surface area contributed by atoms with Crippen molar-refractivity contribution < 1.29 is 4.74 Å². The van der Waals surface area contributed by atoms with Gasteiger partial charge in [0.2, 0.25) is 0 Å². The van der Waals surface area contributed by atoms with E-state index < -0.39 is 0 Å². The molecule has 2 rings (SSSR count). The number of para-hydroxylation sites is 2. The van der Waals surface area contributed by atoms with Gasteiger partial charge in [-0.1, -0.05) is 30.3 Å². The van der Waals surface area contributed by atoms with Crippen molar-refractivity contribution in [2.45, 2.75) is 0 Å². The highest BCUT2D eigenvalue weighted by Crippen LogP contribution is 2.19. The molecule has 0 aliphatic rings. The van der Waals surface area contributed by atoms with Crippen LogP contribution in [0, 0.1) is 0 Å². The normalized spacial score (nSPS) is 11.2. The summed E-state index contributed by atoms with van der Waals surface area (Å²) in [5.74, 6) is 1.18. The van der Waals surface area contributed by atoms with E-state index in [0.717, 1.165) is 17.0 Å². The van der Waals surface area contributed by atoms with Crippen molar-refractivity contribution in [2.75, 3.05) is 7.11 Å². The fourth-order valence-corrected chi connectivity index (χ4v) is 1.56. The molecule has 3 heteroatoms. The van der Waals surface area contributed by atoms with Crippen LogP contribution in [0.1, 0.15) is 5.56 Å². The SMILES string of the molecule is COc1ccccc1C(N)=Nc1ccccc1. The second kappa shape index (κ2) is 5.16. The van der Waals surface area contributed by atoms with Crippen LogP contribution >= 0.6 is 0 Å². The summed E-state index contributed by atoms with van der Waals surface area (Å²) in [5.41, 5.74) is 7.61. The van der Waals surface area contributed by atoms with E-state index in [4.69, 9.17) is 10.5 Å². The van der Waals surface area contributed by atoms with Crippen LogP contribution in [-0.2, 0) is 0 Å². The van der Waals surface area contributed by atoms with Crippen molar-refractivity contribution >= 4 is 11.5 Å². The zero-order valence-electron chi connectivity index (χ0n) is 9.63. The van der Waals surface area contributed by atoms with E-state index in [1.165, 1.54) is 0 Å². The molecule has 17 heavy (non-hydrogen) atoms. The Bertz CT molecular complexity index is 521. The van der Waals surface area contributed by atoms with Crippen molar-refractivity contribution in [2.24, 2.45) is 10.7 Å². The molecule has 2 N–H and O–H groups in total. The molecule has 2 aromatic rings. The van der Waals surface area contributed by atoms with Gasteiger partial charge in [-0.05, 0) is 24.3 Å². The first-order valence-corrected chi connectivity index (χ1v) is 5.34. The molecule has 0 aromatic heterocycles. The summed E-state index contributed by atoms with van der Waals surface area (Å²) in [6, 6.07) is 17.2. The van der Waals surface area contributed by atoms with Gasteiger partial charge in [0.15, 0.2) is 0 Å². The van der Waals surface area contributed by atoms with Crippen LogP contribution in [0.2, 0.25) is 0 Å². The van der Waals surface area contributed by atoms with Gasteiger partial charge in [0.1, 0.15) is 11.6 Å².